The predicted octanol–water partition coefficient (Wildman–Crippen LogP) is 4.30. The van der Waals surface area contributed by atoms with Gasteiger partial charge in [0, 0.05) is 6.04 Å². The minimum Gasteiger partial charge on any atom is -0.327 e. The molecule has 0 heterocycles. The van der Waals surface area contributed by atoms with E-state index in [0.717, 1.165) is 24.8 Å². The van der Waals surface area contributed by atoms with Gasteiger partial charge < -0.3 is 5.73 Å². The molecule has 0 aliphatic carbocycles. The summed E-state index contributed by atoms with van der Waals surface area (Å²) in [6.45, 7) is 4.36. The highest BCUT2D eigenvalue weighted by atomic mass is 35.5. The Kier molecular flexibility index (Phi) is 5.60. The number of halogens is 2. The number of hydrogen-bond acceptors (Lipinski definition) is 1. The lowest BCUT2D eigenvalue weighted by atomic mass is 9.92. The first-order chi connectivity index (χ1) is 7.56. The van der Waals surface area contributed by atoms with Gasteiger partial charge >= 0.3 is 0 Å². The summed E-state index contributed by atoms with van der Waals surface area (Å²) in [5.74, 6) is 0.514. The van der Waals surface area contributed by atoms with E-state index in [1.807, 2.05) is 12.1 Å². The van der Waals surface area contributed by atoms with Gasteiger partial charge in [-0.15, -0.1) is 0 Å². The van der Waals surface area contributed by atoms with Crippen molar-refractivity contribution in [2.45, 2.75) is 39.2 Å². The molecule has 0 bridgehead atoms. The summed E-state index contributed by atoms with van der Waals surface area (Å²) in [6.07, 6.45) is 3.11. The van der Waals surface area contributed by atoms with Crippen LogP contribution in [0.5, 0.6) is 0 Å². The van der Waals surface area contributed by atoms with Crippen molar-refractivity contribution in [2.75, 3.05) is 0 Å². The zero-order valence-electron chi connectivity index (χ0n) is 9.84. The Morgan fingerprint density at radius 2 is 2.00 bits per heavy atom. The van der Waals surface area contributed by atoms with Gasteiger partial charge in [-0.3, -0.25) is 0 Å². The second-order valence-electron chi connectivity index (χ2n) is 4.35. The van der Waals surface area contributed by atoms with Gasteiger partial charge in [0.15, 0.2) is 0 Å². The first-order valence-electron chi connectivity index (χ1n) is 5.74. The standard InChI is InChI=1S/C13H19Cl2N/c1-3-5-9(2)12(16)8-10-6-4-7-11(14)13(10)15/h4,6-7,9,12H,3,5,8,16H2,1-2H3. The van der Waals surface area contributed by atoms with Crippen LogP contribution in [-0.4, -0.2) is 6.04 Å². The fourth-order valence-electron chi connectivity index (χ4n) is 1.83. The van der Waals surface area contributed by atoms with Gasteiger partial charge in [0.2, 0.25) is 0 Å². The third-order valence-electron chi connectivity index (χ3n) is 2.96. The number of rotatable bonds is 5. The van der Waals surface area contributed by atoms with Gasteiger partial charge in [-0.2, -0.15) is 0 Å². The molecule has 0 radical (unpaired) electrons. The van der Waals surface area contributed by atoms with Crippen LogP contribution in [0.4, 0.5) is 0 Å². The van der Waals surface area contributed by atoms with E-state index in [2.05, 4.69) is 13.8 Å². The first kappa shape index (κ1) is 13.8. The molecule has 0 aliphatic rings. The summed E-state index contributed by atoms with van der Waals surface area (Å²) in [7, 11) is 0. The summed E-state index contributed by atoms with van der Waals surface area (Å²) in [5, 5.41) is 1.25. The van der Waals surface area contributed by atoms with Crippen molar-refractivity contribution >= 4 is 23.2 Å². The number of hydrogen-bond donors (Lipinski definition) is 1. The van der Waals surface area contributed by atoms with E-state index in [1.165, 1.54) is 0 Å². The fourth-order valence-corrected chi connectivity index (χ4v) is 2.23. The van der Waals surface area contributed by atoms with Gasteiger partial charge in [0.05, 0.1) is 10.0 Å². The van der Waals surface area contributed by atoms with Crippen LogP contribution in [0, 0.1) is 5.92 Å². The van der Waals surface area contributed by atoms with Gasteiger partial charge in [-0.05, 0) is 30.4 Å². The molecular formula is C13H19Cl2N. The van der Waals surface area contributed by atoms with Gasteiger partial charge in [-0.1, -0.05) is 55.6 Å². The maximum Gasteiger partial charge on any atom is 0.0624 e. The molecule has 2 atom stereocenters. The van der Waals surface area contributed by atoms with E-state index in [4.69, 9.17) is 28.9 Å². The average Bonchev–Trinajstić information content (AvgIpc) is 2.25. The lowest BCUT2D eigenvalue weighted by Gasteiger charge is -2.20. The zero-order chi connectivity index (χ0) is 12.1. The van der Waals surface area contributed by atoms with Crippen molar-refractivity contribution in [1.29, 1.82) is 0 Å². The van der Waals surface area contributed by atoms with E-state index in [-0.39, 0.29) is 6.04 Å². The van der Waals surface area contributed by atoms with Crippen LogP contribution in [0.3, 0.4) is 0 Å². The molecule has 2 unspecified atom stereocenters. The van der Waals surface area contributed by atoms with Crippen LogP contribution in [0.1, 0.15) is 32.3 Å². The average molecular weight is 260 g/mol. The maximum atomic E-state index is 6.15. The van der Waals surface area contributed by atoms with E-state index in [0.29, 0.717) is 16.0 Å². The zero-order valence-corrected chi connectivity index (χ0v) is 11.4. The van der Waals surface area contributed by atoms with Crippen LogP contribution in [-0.2, 0) is 6.42 Å². The molecule has 0 amide bonds. The van der Waals surface area contributed by atoms with Gasteiger partial charge in [0.25, 0.3) is 0 Å². The minimum absolute atomic E-state index is 0.149. The van der Waals surface area contributed by atoms with Crippen molar-refractivity contribution in [3.63, 3.8) is 0 Å². The number of benzene rings is 1. The maximum absolute atomic E-state index is 6.15. The SMILES string of the molecule is CCCC(C)C(N)Cc1cccc(Cl)c1Cl. The number of nitrogens with two attached hydrogens (primary N) is 1. The quantitative estimate of drug-likeness (QED) is 0.839. The molecule has 1 nitrogen and oxygen atoms in total. The third-order valence-corrected chi connectivity index (χ3v) is 3.82. The highest BCUT2D eigenvalue weighted by Crippen LogP contribution is 2.27. The van der Waals surface area contributed by atoms with Crippen molar-refractivity contribution in [1.82, 2.24) is 0 Å². The largest absolute Gasteiger partial charge is 0.327 e. The minimum atomic E-state index is 0.149. The second kappa shape index (κ2) is 6.48. The fraction of sp³-hybridized carbons (Fsp3) is 0.538. The van der Waals surface area contributed by atoms with Crippen molar-refractivity contribution in [3.8, 4) is 0 Å². The Hall–Kier alpha value is -0.240. The smallest absolute Gasteiger partial charge is 0.0624 e. The summed E-state index contributed by atoms with van der Waals surface area (Å²) < 4.78 is 0. The van der Waals surface area contributed by atoms with E-state index in [1.54, 1.807) is 6.07 Å². The Labute approximate surface area is 108 Å². The molecule has 0 spiro atoms. The highest BCUT2D eigenvalue weighted by Gasteiger charge is 2.14. The Morgan fingerprint density at radius 1 is 1.31 bits per heavy atom. The molecule has 0 fully saturated rings. The topological polar surface area (TPSA) is 26.0 Å². The van der Waals surface area contributed by atoms with Crippen LogP contribution in [0.2, 0.25) is 10.0 Å². The molecular weight excluding hydrogens is 241 g/mol. The van der Waals surface area contributed by atoms with Gasteiger partial charge in [-0.25, -0.2) is 0 Å². The summed E-state index contributed by atoms with van der Waals surface area (Å²) in [6, 6.07) is 5.86. The lowest BCUT2D eigenvalue weighted by Crippen LogP contribution is -2.30. The van der Waals surface area contributed by atoms with Crippen LogP contribution in [0.15, 0.2) is 18.2 Å². The van der Waals surface area contributed by atoms with Crippen molar-refractivity contribution < 1.29 is 0 Å². The molecule has 90 valence electrons. The molecule has 1 aromatic rings. The van der Waals surface area contributed by atoms with Crippen molar-refractivity contribution in [2.24, 2.45) is 11.7 Å². The molecule has 1 rings (SSSR count). The van der Waals surface area contributed by atoms with Crippen LogP contribution < -0.4 is 5.73 Å². The molecule has 0 aliphatic heterocycles. The molecule has 1 aromatic carbocycles. The Bertz CT molecular complexity index is 339. The summed E-state index contributed by atoms with van der Waals surface area (Å²) in [4.78, 5) is 0. The molecule has 2 N–H and O–H groups in total. The molecule has 0 saturated carbocycles. The lowest BCUT2D eigenvalue weighted by molar-refractivity contribution is 0.420. The predicted molar refractivity (Wildman–Crippen MR) is 72.2 cm³/mol. The van der Waals surface area contributed by atoms with Crippen LogP contribution in [0.25, 0.3) is 0 Å². The molecule has 16 heavy (non-hydrogen) atoms. The summed E-state index contributed by atoms with van der Waals surface area (Å²) in [5.41, 5.74) is 7.20. The van der Waals surface area contributed by atoms with Gasteiger partial charge in [0.1, 0.15) is 0 Å². The van der Waals surface area contributed by atoms with Crippen LogP contribution >= 0.6 is 23.2 Å². The van der Waals surface area contributed by atoms with E-state index < -0.39 is 0 Å². The highest BCUT2D eigenvalue weighted by molar-refractivity contribution is 6.42. The normalized spacial score (nSPS) is 14.8. The Morgan fingerprint density at radius 3 is 2.62 bits per heavy atom. The van der Waals surface area contributed by atoms with E-state index in [9.17, 15) is 0 Å². The monoisotopic (exact) mass is 259 g/mol. The van der Waals surface area contributed by atoms with Crippen molar-refractivity contribution in [3.05, 3.63) is 33.8 Å². The molecule has 0 saturated heterocycles. The molecule has 0 aromatic heterocycles. The second-order valence-corrected chi connectivity index (χ2v) is 5.13. The molecule has 3 heteroatoms. The third kappa shape index (κ3) is 3.65. The summed E-state index contributed by atoms with van der Waals surface area (Å²) >= 11 is 12.1. The Balaban J connectivity index is 2.69. The first-order valence-corrected chi connectivity index (χ1v) is 6.50. The van der Waals surface area contributed by atoms with E-state index >= 15 is 0 Å².